The van der Waals surface area contributed by atoms with Crippen molar-refractivity contribution in [1.82, 2.24) is 0 Å². The minimum absolute atomic E-state index is 0.516. The first kappa shape index (κ1) is 15.0. The molecule has 0 unspecified atom stereocenters. The predicted octanol–water partition coefficient (Wildman–Crippen LogP) is 3.16. The summed E-state index contributed by atoms with van der Waals surface area (Å²) in [5.41, 5.74) is 1.70. The normalized spacial score (nSPS) is 10.7. The summed E-state index contributed by atoms with van der Waals surface area (Å²) in [5.74, 6) is 0. The second-order valence-corrected chi connectivity index (χ2v) is 5.16. The molecule has 5 heteroatoms. The molecule has 0 heterocycles. The van der Waals surface area contributed by atoms with Gasteiger partial charge in [-0.25, -0.2) is 4.79 Å². The topological polar surface area (TPSA) is 67.4 Å². The van der Waals surface area contributed by atoms with Gasteiger partial charge in [-0.3, -0.25) is 10.1 Å². The van der Waals surface area contributed by atoms with E-state index < -0.39 is 11.7 Å². The molecule has 0 fully saturated rings. The molecule has 0 atom stereocenters. The highest BCUT2D eigenvalue weighted by Crippen LogP contribution is 2.20. The molecule has 104 valence electrons. The Morgan fingerprint density at radius 2 is 1.89 bits per heavy atom. The molecule has 19 heavy (non-hydrogen) atoms. The van der Waals surface area contributed by atoms with Gasteiger partial charge in [0.15, 0.2) is 0 Å². The molecular weight excluding hydrogens is 244 g/mol. The number of carbonyl (C=O) groups excluding carboxylic acids is 2. The van der Waals surface area contributed by atoms with Crippen LogP contribution < -0.4 is 10.6 Å². The average molecular weight is 264 g/mol. The van der Waals surface area contributed by atoms with Crippen LogP contribution in [0.4, 0.5) is 16.2 Å². The Bertz CT molecular complexity index is 464. The Morgan fingerprint density at radius 3 is 2.42 bits per heavy atom. The third-order valence-corrected chi connectivity index (χ3v) is 2.27. The van der Waals surface area contributed by atoms with Crippen molar-refractivity contribution in [3.05, 3.63) is 23.8 Å². The van der Waals surface area contributed by atoms with E-state index in [1.54, 1.807) is 26.8 Å². The second-order valence-electron chi connectivity index (χ2n) is 5.16. The van der Waals surface area contributed by atoms with E-state index >= 15 is 0 Å². The molecule has 0 aromatic heterocycles. The van der Waals surface area contributed by atoms with Crippen molar-refractivity contribution >= 4 is 23.9 Å². The van der Waals surface area contributed by atoms with Crippen LogP contribution in [-0.2, 0) is 16.0 Å². The number of carbonyl (C=O) groups is 2. The van der Waals surface area contributed by atoms with Crippen LogP contribution >= 0.6 is 0 Å². The maximum atomic E-state index is 11.7. The maximum absolute atomic E-state index is 11.7. The molecule has 0 aliphatic rings. The van der Waals surface area contributed by atoms with E-state index in [2.05, 4.69) is 10.6 Å². The first-order chi connectivity index (χ1) is 8.84. The maximum Gasteiger partial charge on any atom is 0.412 e. The Kier molecular flexibility index (Phi) is 4.92. The summed E-state index contributed by atoms with van der Waals surface area (Å²) in [7, 11) is 0. The van der Waals surface area contributed by atoms with Crippen LogP contribution in [0.25, 0.3) is 0 Å². The van der Waals surface area contributed by atoms with Gasteiger partial charge in [-0.15, -0.1) is 0 Å². The Labute approximate surface area is 113 Å². The molecule has 2 N–H and O–H groups in total. The molecule has 0 aliphatic carbocycles. The lowest BCUT2D eigenvalue weighted by Crippen LogP contribution is -2.27. The molecule has 0 saturated heterocycles. The summed E-state index contributed by atoms with van der Waals surface area (Å²) >= 11 is 0. The predicted molar refractivity (Wildman–Crippen MR) is 75.4 cm³/mol. The summed E-state index contributed by atoms with van der Waals surface area (Å²) in [6.07, 6.45) is 0.890. The third kappa shape index (κ3) is 5.42. The van der Waals surface area contributed by atoms with Gasteiger partial charge in [-0.1, -0.05) is 6.92 Å². The van der Waals surface area contributed by atoms with Crippen LogP contribution in [-0.4, -0.2) is 18.1 Å². The number of hydrogen-bond acceptors (Lipinski definition) is 3. The summed E-state index contributed by atoms with van der Waals surface area (Å²) < 4.78 is 5.17. The van der Waals surface area contributed by atoms with E-state index in [1.165, 1.54) is 0 Å². The van der Waals surface area contributed by atoms with Gasteiger partial charge in [0.25, 0.3) is 0 Å². The van der Waals surface area contributed by atoms with Crippen LogP contribution in [0.3, 0.4) is 0 Å². The van der Waals surface area contributed by atoms with Gasteiger partial charge in [-0.05, 0) is 51.0 Å². The lowest BCUT2D eigenvalue weighted by molar-refractivity contribution is -0.105. The molecule has 5 nitrogen and oxygen atoms in total. The number of nitrogens with one attached hydrogen (secondary N) is 2. The Balaban J connectivity index is 2.84. The highest BCUT2D eigenvalue weighted by Gasteiger charge is 2.16. The summed E-state index contributed by atoms with van der Waals surface area (Å²) in [4.78, 5) is 22.1. The van der Waals surface area contributed by atoms with Crippen LogP contribution in [0, 0.1) is 0 Å². The largest absolute Gasteiger partial charge is 0.444 e. The van der Waals surface area contributed by atoms with Crippen molar-refractivity contribution in [1.29, 1.82) is 0 Å². The monoisotopic (exact) mass is 264 g/mol. The Hall–Kier alpha value is -2.04. The fourth-order valence-electron chi connectivity index (χ4n) is 1.54. The van der Waals surface area contributed by atoms with E-state index in [4.69, 9.17) is 4.74 Å². The van der Waals surface area contributed by atoms with E-state index in [0.717, 1.165) is 12.0 Å². The third-order valence-electron chi connectivity index (χ3n) is 2.27. The molecular formula is C14H20N2O3. The van der Waals surface area contributed by atoms with E-state index in [1.807, 2.05) is 19.1 Å². The van der Waals surface area contributed by atoms with Gasteiger partial charge < -0.3 is 10.1 Å². The van der Waals surface area contributed by atoms with Gasteiger partial charge in [0, 0.05) is 11.4 Å². The number of benzene rings is 1. The SMILES string of the molecule is CCc1cc(NC=O)cc(NC(=O)OC(C)(C)C)c1. The fourth-order valence-corrected chi connectivity index (χ4v) is 1.54. The molecule has 2 amide bonds. The zero-order valence-corrected chi connectivity index (χ0v) is 11.7. The zero-order valence-electron chi connectivity index (χ0n) is 11.7. The fraction of sp³-hybridized carbons (Fsp3) is 0.429. The number of amides is 2. The van der Waals surface area contributed by atoms with E-state index in [9.17, 15) is 9.59 Å². The highest BCUT2D eigenvalue weighted by atomic mass is 16.6. The number of hydrogen-bond donors (Lipinski definition) is 2. The summed E-state index contributed by atoms with van der Waals surface area (Å²) in [5, 5.41) is 5.23. The smallest absolute Gasteiger partial charge is 0.412 e. The molecule has 0 aliphatic heterocycles. The summed E-state index contributed by atoms with van der Waals surface area (Å²) in [6, 6.07) is 5.38. The highest BCUT2D eigenvalue weighted by molar-refractivity contribution is 5.86. The van der Waals surface area contributed by atoms with E-state index in [0.29, 0.717) is 17.8 Å². The number of anilines is 2. The zero-order chi connectivity index (χ0) is 14.5. The van der Waals surface area contributed by atoms with Gasteiger partial charge in [-0.2, -0.15) is 0 Å². The summed E-state index contributed by atoms with van der Waals surface area (Å²) in [6.45, 7) is 7.40. The lowest BCUT2D eigenvalue weighted by atomic mass is 10.1. The molecule has 0 saturated carbocycles. The van der Waals surface area contributed by atoms with Crippen LogP contribution in [0.2, 0.25) is 0 Å². The minimum Gasteiger partial charge on any atom is -0.444 e. The van der Waals surface area contributed by atoms with Crippen molar-refractivity contribution in [2.24, 2.45) is 0 Å². The van der Waals surface area contributed by atoms with Crippen molar-refractivity contribution in [2.75, 3.05) is 10.6 Å². The van der Waals surface area contributed by atoms with Crippen LogP contribution in [0.5, 0.6) is 0 Å². The second kappa shape index (κ2) is 6.22. The lowest BCUT2D eigenvalue weighted by Gasteiger charge is -2.20. The quantitative estimate of drug-likeness (QED) is 0.821. The standard InChI is InChI=1S/C14H20N2O3/c1-5-10-6-11(15-9-17)8-12(7-10)16-13(18)19-14(2,3)4/h6-9H,5H2,1-4H3,(H,15,17)(H,16,18). The average Bonchev–Trinajstić information content (AvgIpc) is 2.26. The van der Waals surface area contributed by atoms with E-state index in [-0.39, 0.29) is 0 Å². The van der Waals surface area contributed by atoms with Crippen molar-refractivity contribution in [3.8, 4) is 0 Å². The number of aryl methyl sites for hydroxylation is 1. The number of ether oxygens (including phenoxy) is 1. The van der Waals surface area contributed by atoms with Crippen molar-refractivity contribution < 1.29 is 14.3 Å². The van der Waals surface area contributed by atoms with Crippen LogP contribution in [0.1, 0.15) is 33.3 Å². The molecule has 0 bridgehead atoms. The van der Waals surface area contributed by atoms with Crippen molar-refractivity contribution in [3.63, 3.8) is 0 Å². The van der Waals surface area contributed by atoms with Gasteiger partial charge in [0.2, 0.25) is 6.41 Å². The molecule has 0 radical (unpaired) electrons. The van der Waals surface area contributed by atoms with Gasteiger partial charge in [0.1, 0.15) is 5.60 Å². The van der Waals surface area contributed by atoms with Gasteiger partial charge >= 0.3 is 6.09 Å². The molecule has 1 aromatic carbocycles. The first-order valence-corrected chi connectivity index (χ1v) is 6.18. The Morgan fingerprint density at radius 1 is 1.26 bits per heavy atom. The molecule has 0 spiro atoms. The number of rotatable bonds is 4. The molecule has 1 rings (SSSR count). The molecule has 1 aromatic rings. The van der Waals surface area contributed by atoms with Gasteiger partial charge in [0.05, 0.1) is 0 Å². The van der Waals surface area contributed by atoms with Crippen LogP contribution in [0.15, 0.2) is 18.2 Å². The minimum atomic E-state index is -0.545. The van der Waals surface area contributed by atoms with Crippen molar-refractivity contribution in [2.45, 2.75) is 39.7 Å². The first-order valence-electron chi connectivity index (χ1n) is 6.18.